The van der Waals surface area contributed by atoms with E-state index in [0.29, 0.717) is 0 Å². The number of benzene rings is 1. The Labute approximate surface area is 143 Å². The maximum atomic E-state index is 5.75. The molecule has 2 heteroatoms. The molecule has 0 aromatic heterocycles. The minimum absolute atomic E-state index is 0.391. The first-order valence-corrected chi connectivity index (χ1v) is 9.40. The monoisotopic (exact) mass is 320 g/mol. The summed E-state index contributed by atoms with van der Waals surface area (Å²) in [6, 6.07) is 10.7. The van der Waals surface area contributed by atoms with E-state index in [9.17, 15) is 0 Å². The minimum atomic E-state index is -0.391. The van der Waals surface area contributed by atoms with Crippen LogP contribution in [0.2, 0.25) is 0 Å². The van der Waals surface area contributed by atoms with E-state index >= 15 is 0 Å². The van der Waals surface area contributed by atoms with Crippen molar-refractivity contribution in [2.24, 2.45) is 0 Å². The highest BCUT2D eigenvalue weighted by Crippen LogP contribution is 2.27. The Morgan fingerprint density at radius 3 is 1.91 bits per heavy atom. The Bertz CT molecular complexity index is 371. The van der Waals surface area contributed by atoms with E-state index in [1.165, 1.54) is 50.5 Å². The summed E-state index contributed by atoms with van der Waals surface area (Å²) in [5.41, 5.74) is 1.39. The number of methoxy groups -OCH3 is 2. The van der Waals surface area contributed by atoms with E-state index in [0.717, 1.165) is 25.7 Å². The second-order valence-corrected chi connectivity index (χ2v) is 6.53. The zero-order valence-corrected chi connectivity index (χ0v) is 15.5. The molecule has 0 saturated carbocycles. The Balaban J connectivity index is 2.25. The third-order valence-corrected chi connectivity index (χ3v) is 4.77. The molecular weight excluding hydrogens is 284 g/mol. The standard InChI is InChI=1S/C21H36O2/c1-4-5-6-7-8-9-13-18-21(22-2,23-3)19-14-17-20-15-11-10-12-16-20/h10-12,15-16H,4-9,13-14,17-19H2,1-3H3. The van der Waals surface area contributed by atoms with E-state index in [4.69, 9.17) is 9.47 Å². The van der Waals surface area contributed by atoms with E-state index < -0.39 is 5.79 Å². The van der Waals surface area contributed by atoms with Gasteiger partial charge in [-0.3, -0.25) is 0 Å². The molecule has 2 nitrogen and oxygen atoms in total. The molecule has 0 aliphatic heterocycles. The third kappa shape index (κ3) is 8.53. The molecule has 0 radical (unpaired) electrons. The van der Waals surface area contributed by atoms with Gasteiger partial charge in [-0.15, -0.1) is 0 Å². The first-order valence-electron chi connectivity index (χ1n) is 9.40. The molecule has 0 aliphatic rings. The summed E-state index contributed by atoms with van der Waals surface area (Å²) >= 11 is 0. The lowest BCUT2D eigenvalue weighted by Gasteiger charge is -2.31. The highest BCUT2D eigenvalue weighted by Gasteiger charge is 2.28. The largest absolute Gasteiger partial charge is 0.353 e. The molecule has 0 saturated heterocycles. The van der Waals surface area contributed by atoms with Crippen molar-refractivity contribution >= 4 is 0 Å². The molecule has 0 heterocycles. The molecule has 0 spiro atoms. The fourth-order valence-corrected chi connectivity index (χ4v) is 3.17. The van der Waals surface area contributed by atoms with Gasteiger partial charge in [0.2, 0.25) is 0 Å². The molecule has 132 valence electrons. The summed E-state index contributed by atoms with van der Waals surface area (Å²) in [7, 11) is 3.57. The van der Waals surface area contributed by atoms with Gasteiger partial charge in [0, 0.05) is 27.1 Å². The number of hydrogen-bond donors (Lipinski definition) is 0. The summed E-state index contributed by atoms with van der Waals surface area (Å²) in [5.74, 6) is -0.391. The van der Waals surface area contributed by atoms with Gasteiger partial charge in [0.15, 0.2) is 5.79 Å². The topological polar surface area (TPSA) is 18.5 Å². The summed E-state index contributed by atoms with van der Waals surface area (Å²) in [5, 5.41) is 0. The second-order valence-electron chi connectivity index (χ2n) is 6.53. The van der Waals surface area contributed by atoms with Gasteiger partial charge in [0.1, 0.15) is 0 Å². The third-order valence-electron chi connectivity index (χ3n) is 4.77. The van der Waals surface area contributed by atoms with Crippen molar-refractivity contribution in [1.29, 1.82) is 0 Å². The number of aryl methyl sites for hydroxylation is 1. The SMILES string of the molecule is CCCCCCCCCC(CCCc1ccccc1)(OC)OC. The van der Waals surface area contributed by atoms with Gasteiger partial charge in [-0.1, -0.05) is 75.8 Å². The van der Waals surface area contributed by atoms with Gasteiger partial charge < -0.3 is 9.47 Å². The van der Waals surface area contributed by atoms with Crippen LogP contribution in [0.25, 0.3) is 0 Å². The van der Waals surface area contributed by atoms with E-state index in [2.05, 4.69) is 37.3 Å². The summed E-state index contributed by atoms with van der Waals surface area (Å²) < 4.78 is 11.5. The minimum Gasteiger partial charge on any atom is -0.353 e. The van der Waals surface area contributed by atoms with Crippen LogP contribution in [0.4, 0.5) is 0 Å². The second kappa shape index (κ2) is 12.5. The van der Waals surface area contributed by atoms with Crippen LogP contribution >= 0.6 is 0 Å². The smallest absolute Gasteiger partial charge is 0.167 e. The fraction of sp³-hybridized carbons (Fsp3) is 0.714. The van der Waals surface area contributed by atoms with Crippen molar-refractivity contribution in [2.45, 2.75) is 83.3 Å². The average Bonchev–Trinajstić information content (AvgIpc) is 2.60. The first kappa shape index (κ1) is 20.2. The molecule has 0 unspecified atom stereocenters. The van der Waals surface area contributed by atoms with E-state index in [-0.39, 0.29) is 0 Å². The van der Waals surface area contributed by atoms with Crippen LogP contribution in [0.3, 0.4) is 0 Å². The predicted molar refractivity (Wildman–Crippen MR) is 98.7 cm³/mol. The fourth-order valence-electron chi connectivity index (χ4n) is 3.17. The van der Waals surface area contributed by atoms with Crippen molar-refractivity contribution in [1.82, 2.24) is 0 Å². The van der Waals surface area contributed by atoms with Gasteiger partial charge >= 0.3 is 0 Å². The molecule has 0 atom stereocenters. The molecule has 0 aliphatic carbocycles. The van der Waals surface area contributed by atoms with Crippen LogP contribution in [-0.2, 0) is 15.9 Å². The molecule has 0 amide bonds. The maximum Gasteiger partial charge on any atom is 0.167 e. The average molecular weight is 321 g/mol. The number of ether oxygens (including phenoxy) is 2. The van der Waals surface area contributed by atoms with Crippen LogP contribution in [0.5, 0.6) is 0 Å². The summed E-state index contributed by atoms with van der Waals surface area (Å²) in [6.45, 7) is 2.26. The zero-order chi connectivity index (χ0) is 16.8. The molecule has 23 heavy (non-hydrogen) atoms. The number of hydrogen-bond acceptors (Lipinski definition) is 2. The first-order chi connectivity index (χ1) is 11.3. The van der Waals surface area contributed by atoms with Crippen LogP contribution in [-0.4, -0.2) is 20.0 Å². The van der Waals surface area contributed by atoms with Crippen molar-refractivity contribution in [3.05, 3.63) is 35.9 Å². The Morgan fingerprint density at radius 2 is 1.30 bits per heavy atom. The maximum absolute atomic E-state index is 5.75. The molecule has 1 rings (SSSR count). The Hall–Kier alpha value is -0.860. The lowest BCUT2D eigenvalue weighted by Crippen LogP contribution is -2.33. The van der Waals surface area contributed by atoms with Gasteiger partial charge in [0.05, 0.1) is 0 Å². The lowest BCUT2D eigenvalue weighted by atomic mass is 9.98. The lowest BCUT2D eigenvalue weighted by molar-refractivity contribution is -0.216. The van der Waals surface area contributed by atoms with Gasteiger partial charge in [-0.25, -0.2) is 0 Å². The van der Waals surface area contributed by atoms with Crippen LogP contribution < -0.4 is 0 Å². The van der Waals surface area contributed by atoms with Crippen LogP contribution in [0, 0.1) is 0 Å². The summed E-state index contributed by atoms with van der Waals surface area (Å²) in [4.78, 5) is 0. The Morgan fingerprint density at radius 1 is 0.739 bits per heavy atom. The molecule has 1 aromatic rings. The zero-order valence-electron chi connectivity index (χ0n) is 15.5. The van der Waals surface area contributed by atoms with E-state index in [1.54, 1.807) is 14.2 Å². The summed E-state index contributed by atoms with van der Waals surface area (Å²) in [6.07, 6.45) is 13.4. The Kier molecular flexibility index (Phi) is 11.0. The van der Waals surface area contributed by atoms with Gasteiger partial charge in [-0.2, -0.15) is 0 Å². The van der Waals surface area contributed by atoms with Crippen molar-refractivity contribution in [3.63, 3.8) is 0 Å². The molecular formula is C21H36O2. The van der Waals surface area contributed by atoms with Crippen LogP contribution in [0.15, 0.2) is 30.3 Å². The molecule has 1 aromatic carbocycles. The highest BCUT2D eigenvalue weighted by atomic mass is 16.7. The van der Waals surface area contributed by atoms with Crippen LogP contribution in [0.1, 0.15) is 76.7 Å². The highest BCUT2D eigenvalue weighted by molar-refractivity contribution is 5.14. The molecule has 0 fully saturated rings. The predicted octanol–water partition coefficient (Wildman–Crippen LogP) is 6.14. The van der Waals surface area contributed by atoms with E-state index in [1.807, 2.05) is 0 Å². The molecule has 0 bridgehead atoms. The molecule has 0 N–H and O–H groups in total. The number of rotatable bonds is 14. The van der Waals surface area contributed by atoms with Crippen molar-refractivity contribution in [2.75, 3.05) is 14.2 Å². The van der Waals surface area contributed by atoms with Gasteiger partial charge in [-0.05, 0) is 24.8 Å². The quantitative estimate of drug-likeness (QED) is 0.303. The van der Waals surface area contributed by atoms with Crippen molar-refractivity contribution < 1.29 is 9.47 Å². The van der Waals surface area contributed by atoms with Crippen molar-refractivity contribution in [3.8, 4) is 0 Å². The number of unbranched alkanes of at least 4 members (excludes halogenated alkanes) is 6. The van der Waals surface area contributed by atoms with Gasteiger partial charge in [0.25, 0.3) is 0 Å². The normalized spacial score (nSPS) is 11.8.